The van der Waals surface area contributed by atoms with Crippen LogP contribution in [0, 0.1) is 0 Å². The number of carboxylic acids is 1. The van der Waals surface area contributed by atoms with Gasteiger partial charge < -0.3 is 15.3 Å². The molecule has 0 aromatic carbocycles. The van der Waals surface area contributed by atoms with Gasteiger partial charge in [0.15, 0.2) is 0 Å². The molecule has 0 aliphatic heterocycles. The summed E-state index contributed by atoms with van der Waals surface area (Å²) < 4.78 is 0. The average Bonchev–Trinajstić information content (AvgIpc) is 2.20. The maximum absolute atomic E-state index is 10.2. The van der Waals surface area contributed by atoms with Crippen molar-refractivity contribution in [3.63, 3.8) is 0 Å². The van der Waals surface area contributed by atoms with Crippen molar-refractivity contribution in [1.29, 1.82) is 0 Å². The third-order valence-electron chi connectivity index (χ3n) is 2.45. The highest BCUT2D eigenvalue weighted by Gasteiger charge is 1.96. The maximum Gasteiger partial charge on any atom is 0.303 e. The molecule has 2 N–H and O–H groups in total. The third kappa shape index (κ3) is 13.4. The van der Waals surface area contributed by atoms with E-state index in [-0.39, 0.29) is 0 Å². The van der Waals surface area contributed by atoms with Crippen LogP contribution in [-0.4, -0.2) is 49.7 Å². The van der Waals surface area contributed by atoms with E-state index in [1.807, 2.05) is 0 Å². The molecule has 0 amide bonds. The van der Waals surface area contributed by atoms with Crippen LogP contribution in [0.5, 0.6) is 0 Å². The number of nitrogens with zero attached hydrogens (tertiary/aromatic N) is 1. The zero-order valence-electron chi connectivity index (χ0n) is 10.7. The van der Waals surface area contributed by atoms with E-state index >= 15 is 0 Å². The lowest BCUT2D eigenvalue weighted by Crippen LogP contribution is -2.19. The van der Waals surface area contributed by atoms with Gasteiger partial charge in [0.05, 0.1) is 0 Å². The summed E-state index contributed by atoms with van der Waals surface area (Å²) in [5, 5.41) is 11.8. The Bertz CT molecular complexity index is 172. The molecule has 0 fully saturated rings. The summed E-state index contributed by atoms with van der Waals surface area (Å²) in [5.74, 6) is -0.684. The Hall–Kier alpha value is -0.610. The summed E-state index contributed by atoms with van der Waals surface area (Å²) >= 11 is 0. The van der Waals surface area contributed by atoms with Gasteiger partial charge >= 0.3 is 5.97 Å². The van der Waals surface area contributed by atoms with Gasteiger partial charge in [-0.15, -0.1) is 0 Å². The molecule has 4 heteroatoms. The molecule has 96 valence electrons. The van der Waals surface area contributed by atoms with E-state index in [9.17, 15) is 4.79 Å². The fourth-order valence-electron chi connectivity index (χ4n) is 1.51. The van der Waals surface area contributed by atoms with E-state index in [4.69, 9.17) is 5.11 Å². The minimum atomic E-state index is -0.684. The molecule has 0 bridgehead atoms. The van der Waals surface area contributed by atoms with Crippen molar-refractivity contribution in [3.05, 3.63) is 0 Å². The minimum absolute atomic E-state index is 0.308. The van der Waals surface area contributed by atoms with Crippen molar-refractivity contribution in [2.75, 3.05) is 33.7 Å². The summed E-state index contributed by atoms with van der Waals surface area (Å²) in [5.41, 5.74) is 0. The fraction of sp³-hybridized carbons (Fsp3) is 0.917. The Balaban J connectivity index is 2.96. The number of nitrogens with one attached hydrogen (secondary N) is 1. The van der Waals surface area contributed by atoms with Crippen LogP contribution in [0.1, 0.15) is 38.5 Å². The number of carboxylic acid groups (broad SMARTS) is 1. The highest BCUT2D eigenvalue weighted by atomic mass is 16.4. The quantitative estimate of drug-likeness (QED) is 0.529. The largest absolute Gasteiger partial charge is 0.481 e. The van der Waals surface area contributed by atoms with Gasteiger partial charge in [0, 0.05) is 6.42 Å². The molecule has 0 atom stereocenters. The SMILES string of the molecule is CN(C)CCCCNCCCCCC(=O)O. The summed E-state index contributed by atoms with van der Waals surface area (Å²) in [6.45, 7) is 3.24. The van der Waals surface area contributed by atoms with Crippen LogP contribution < -0.4 is 5.32 Å². The molecule has 0 aromatic rings. The average molecular weight is 230 g/mol. The Morgan fingerprint density at radius 2 is 1.69 bits per heavy atom. The lowest BCUT2D eigenvalue weighted by atomic mass is 10.2. The summed E-state index contributed by atoms with van der Waals surface area (Å²) in [6, 6.07) is 0. The second kappa shape index (κ2) is 10.9. The van der Waals surface area contributed by atoms with Gasteiger partial charge in [0.25, 0.3) is 0 Å². The van der Waals surface area contributed by atoms with Crippen LogP contribution in [0.15, 0.2) is 0 Å². The number of rotatable bonds is 11. The zero-order chi connectivity index (χ0) is 12.2. The molecule has 0 saturated heterocycles. The number of hydrogen-bond donors (Lipinski definition) is 2. The van der Waals surface area contributed by atoms with Gasteiger partial charge in [-0.05, 0) is 59.4 Å². The summed E-state index contributed by atoms with van der Waals surface area (Å²) in [6.07, 6.45) is 5.66. The number of aliphatic carboxylic acids is 1. The van der Waals surface area contributed by atoms with Crippen LogP contribution in [0.25, 0.3) is 0 Å². The molecule has 0 aliphatic carbocycles. The van der Waals surface area contributed by atoms with Crippen LogP contribution in [0.4, 0.5) is 0 Å². The molecule has 0 rings (SSSR count). The number of carbonyl (C=O) groups is 1. The van der Waals surface area contributed by atoms with Gasteiger partial charge in [-0.3, -0.25) is 4.79 Å². The molecule has 0 heterocycles. The smallest absolute Gasteiger partial charge is 0.303 e. The Labute approximate surface area is 99.0 Å². The van der Waals surface area contributed by atoms with E-state index in [2.05, 4.69) is 24.3 Å². The molecule has 0 saturated carbocycles. The summed E-state index contributed by atoms with van der Waals surface area (Å²) in [4.78, 5) is 12.4. The zero-order valence-corrected chi connectivity index (χ0v) is 10.7. The van der Waals surface area contributed by atoms with Crippen molar-refractivity contribution in [2.45, 2.75) is 38.5 Å². The van der Waals surface area contributed by atoms with Crippen molar-refractivity contribution >= 4 is 5.97 Å². The van der Waals surface area contributed by atoms with Crippen LogP contribution in [0.3, 0.4) is 0 Å². The first-order chi connectivity index (χ1) is 7.63. The van der Waals surface area contributed by atoms with Crippen molar-refractivity contribution in [1.82, 2.24) is 10.2 Å². The van der Waals surface area contributed by atoms with Crippen LogP contribution in [0.2, 0.25) is 0 Å². The monoisotopic (exact) mass is 230 g/mol. The van der Waals surface area contributed by atoms with E-state index in [1.54, 1.807) is 0 Å². The highest BCUT2D eigenvalue weighted by Crippen LogP contribution is 1.98. The predicted molar refractivity (Wildman–Crippen MR) is 66.8 cm³/mol. The molecule has 0 radical (unpaired) electrons. The van der Waals surface area contributed by atoms with E-state index in [0.717, 1.165) is 38.9 Å². The van der Waals surface area contributed by atoms with Crippen LogP contribution >= 0.6 is 0 Å². The Morgan fingerprint density at radius 3 is 2.25 bits per heavy atom. The summed E-state index contributed by atoms with van der Waals surface area (Å²) in [7, 11) is 4.19. The van der Waals surface area contributed by atoms with Gasteiger partial charge in [0.2, 0.25) is 0 Å². The van der Waals surface area contributed by atoms with E-state index in [0.29, 0.717) is 6.42 Å². The Kier molecular flexibility index (Phi) is 10.5. The van der Waals surface area contributed by atoms with Gasteiger partial charge in [0.1, 0.15) is 0 Å². The molecule has 4 nitrogen and oxygen atoms in total. The Morgan fingerprint density at radius 1 is 1.06 bits per heavy atom. The van der Waals surface area contributed by atoms with Gasteiger partial charge in [-0.1, -0.05) is 6.42 Å². The van der Waals surface area contributed by atoms with Gasteiger partial charge in [-0.25, -0.2) is 0 Å². The topological polar surface area (TPSA) is 52.6 Å². The molecule has 0 unspecified atom stereocenters. The van der Waals surface area contributed by atoms with Crippen molar-refractivity contribution < 1.29 is 9.90 Å². The second-order valence-corrected chi connectivity index (χ2v) is 4.46. The van der Waals surface area contributed by atoms with Crippen molar-refractivity contribution in [2.24, 2.45) is 0 Å². The maximum atomic E-state index is 10.2. The third-order valence-corrected chi connectivity index (χ3v) is 2.45. The number of unbranched alkanes of at least 4 members (excludes halogenated alkanes) is 3. The van der Waals surface area contributed by atoms with E-state index < -0.39 is 5.97 Å². The van der Waals surface area contributed by atoms with Crippen LogP contribution in [-0.2, 0) is 4.79 Å². The second-order valence-electron chi connectivity index (χ2n) is 4.46. The predicted octanol–water partition coefficient (Wildman–Crippen LogP) is 1.56. The molecule has 0 spiro atoms. The standard InChI is InChI=1S/C12H26N2O2/c1-14(2)11-7-6-10-13-9-5-3-4-8-12(15)16/h13H,3-11H2,1-2H3,(H,15,16). The highest BCUT2D eigenvalue weighted by molar-refractivity contribution is 5.66. The molecular weight excluding hydrogens is 204 g/mol. The van der Waals surface area contributed by atoms with Gasteiger partial charge in [-0.2, -0.15) is 0 Å². The number of hydrogen-bond acceptors (Lipinski definition) is 3. The molecule has 0 aliphatic rings. The lowest BCUT2D eigenvalue weighted by Gasteiger charge is -2.09. The molecule has 0 aromatic heterocycles. The lowest BCUT2D eigenvalue weighted by molar-refractivity contribution is -0.137. The first-order valence-electron chi connectivity index (χ1n) is 6.20. The molecular formula is C12H26N2O2. The van der Waals surface area contributed by atoms with E-state index in [1.165, 1.54) is 12.8 Å². The normalized spacial score (nSPS) is 10.9. The molecule has 16 heavy (non-hydrogen) atoms. The fourth-order valence-corrected chi connectivity index (χ4v) is 1.51. The first-order valence-corrected chi connectivity index (χ1v) is 6.20. The minimum Gasteiger partial charge on any atom is -0.481 e. The first kappa shape index (κ1) is 15.4. The van der Waals surface area contributed by atoms with Crippen molar-refractivity contribution in [3.8, 4) is 0 Å².